The van der Waals surface area contributed by atoms with Crippen molar-refractivity contribution in [2.45, 2.75) is 17.4 Å². The minimum absolute atomic E-state index is 0.151. The van der Waals surface area contributed by atoms with E-state index in [9.17, 15) is 13.2 Å². The lowest BCUT2D eigenvalue weighted by atomic mass is 10.2. The Balaban J connectivity index is 1.41. The highest BCUT2D eigenvalue weighted by atomic mass is 32.2. The van der Waals surface area contributed by atoms with E-state index in [1.54, 1.807) is 6.07 Å². The number of ether oxygens (including phenoxy) is 2. The number of hydrogen-bond acceptors (Lipinski definition) is 6. The molecule has 2 aromatic carbocycles. The molecule has 1 aliphatic heterocycles. The van der Waals surface area contributed by atoms with Gasteiger partial charge < -0.3 is 15.2 Å². The van der Waals surface area contributed by atoms with Gasteiger partial charge in [0.25, 0.3) is 5.91 Å². The van der Waals surface area contributed by atoms with E-state index >= 15 is 0 Å². The third kappa shape index (κ3) is 4.37. The number of pyridine rings is 1. The van der Waals surface area contributed by atoms with Gasteiger partial charge in [-0.1, -0.05) is 18.2 Å². The van der Waals surface area contributed by atoms with Crippen molar-refractivity contribution in [2.75, 3.05) is 19.7 Å². The van der Waals surface area contributed by atoms with Crippen LogP contribution < -0.4 is 15.2 Å². The van der Waals surface area contributed by atoms with E-state index < -0.39 is 15.9 Å². The average Bonchev–Trinajstić information content (AvgIpc) is 3.22. The molecule has 1 aromatic heterocycles. The largest absolute Gasteiger partial charge is 0.484 e. The van der Waals surface area contributed by atoms with E-state index in [-0.39, 0.29) is 24.2 Å². The first-order chi connectivity index (χ1) is 14.4. The first-order valence-corrected chi connectivity index (χ1v) is 10.9. The van der Waals surface area contributed by atoms with Crippen molar-refractivity contribution in [3.63, 3.8) is 0 Å². The van der Waals surface area contributed by atoms with E-state index in [4.69, 9.17) is 15.2 Å². The fraction of sp³-hybridized carbons (Fsp3) is 0.238. The van der Waals surface area contributed by atoms with Crippen LogP contribution in [0.4, 0.5) is 0 Å². The van der Waals surface area contributed by atoms with Crippen molar-refractivity contribution in [1.82, 2.24) is 9.29 Å². The zero-order chi connectivity index (χ0) is 21.1. The van der Waals surface area contributed by atoms with Crippen LogP contribution in [0, 0.1) is 0 Å². The van der Waals surface area contributed by atoms with Gasteiger partial charge in [0, 0.05) is 18.0 Å². The molecule has 2 N–H and O–H groups in total. The maximum atomic E-state index is 12.9. The molecule has 2 heterocycles. The summed E-state index contributed by atoms with van der Waals surface area (Å²) in [4.78, 5) is 15.4. The number of nitrogens with zero attached hydrogens (tertiary/aromatic N) is 2. The monoisotopic (exact) mass is 427 g/mol. The molecule has 0 spiro atoms. The number of carbonyl (C=O) groups excluding carboxylic acids is 1. The van der Waals surface area contributed by atoms with Crippen molar-refractivity contribution in [1.29, 1.82) is 0 Å². The van der Waals surface area contributed by atoms with Crippen molar-refractivity contribution in [2.24, 2.45) is 5.73 Å². The quantitative estimate of drug-likeness (QED) is 0.617. The molecule has 30 heavy (non-hydrogen) atoms. The number of para-hydroxylation sites is 1. The zero-order valence-electron chi connectivity index (χ0n) is 16.1. The minimum atomic E-state index is -3.66. The van der Waals surface area contributed by atoms with Gasteiger partial charge in [-0.15, -0.1) is 0 Å². The maximum Gasteiger partial charge on any atom is 0.255 e. The molecule has 1 amide bonds. The maximum absolute atomic E-state index is 12.9. The summed E-state index contributed by atoms with van der Waals surface area (Å²) >= 11 is 0. The second-order valence-corrected chi connectivity index (χ2v) is 8.90. The number of aromatic nitrogens is 1. The first kappa shape index (κ1) is 20.1. The number of fused-ring (bicyclic) bond motifs is 1. The van der Waals surface area contributed by atoms with Gasteiger partial charge in [-0.3, -0.25) is 4.79 Å². The topological polar surface area (TPSA) is 112 Å². The summed E-state index contributed by atoms with van der Waals surface area (Å²) in [5.74, 6) is 0.252. The molecule has 1 atom stereocenters. The molecule has 4 rings (SSSR count). The molecule has 1 unspecified atom stereocenters. The zero-order valence-corrected chi connectivity index (χ0v) is 16.9. The molecule has 1 aliphatic rings. The van der Waals surface area contributed by atoms with E-state index in [2.05, 4.69) is 4.98 Å². The summed E-state index contributed by atoms with van der Waals surface area (Å²) in [6.07, 6.45) is 0.305. The minimum Gasteiger partial charge on any atom is -0.484 e. The molecule has 9 heteroatoms. The number of sulfonamides is 1. The summed E-state index contributed by atoms with van der Waals surface area (Å²) in [6, 6.07) is 17.4. The number of amides is 1. The van der Waals surface area contributed by atoms with Gasteiger partial charge in [-0.2, -0.15) is 4.31 Å². The summed E-state index contributed by atoms with van der Waals surface area (Å²) < 4.78 is 38.4. The predicted octanol–water partition coefficient (Wildman–Crippen LogP) is 1.94. The van der Waals surface area contributed by atoms with E-state index in [1.807, 2.05) is 30.3 Å². The van der Waals surface area contributed by atoms with Crippen LogP contribution in [-0.2, 0) is 14.8 Å². The fourth-order valence-corrected chi connectivity index (χ4v) is 4.79. The van der Waals surface area contributed by atoms with Crippen LogP contribution >= 0.6 is 0 Å². The lowest BCUT2D eigenvalue weighted by molar-refractivity contribution is -0.119. The van der Waals surface area contributed by atoms with Crippen LogP contribution in [0.2, 0.25) is 0 Å². The molecule has 3 aromatic rings. The molecular formula is C21H21N3O5S. The molecule has 156 valence electrons. The van der Waals surface area contributed by atoms with Crippen LogP contribution in [0.25, 0.3) is 10.9 Å². The number of carbonyl (C=O) groups is 1. The van der Waals surface area contributed by atoms with Crippen molar-refractivity contribution in [3.8, 4) is 11.6 Å². The third-order valence-electron chi connectivity index (χ3n) is 4.81. The molecule has 1 fully saturated rings. The summed E-state index contributed by atoms with van der Waals surface area (Å²) in [7, 11) is -3.66. The average molecular weight is 427 g/mol. The smallest absolute Gasteiger partial charge is 0.255 e. The molecule has 0 radical (unpaired) electrons. The van der Waals surface area contributed by atoms with Gasteiger partial charge in [-0.05, 0) is 42.8 Å². The van der Waals surface area contributed by atoms with Gasteiger partial charge >= 0.3 is 0 Å². The van der Waals surface area contributed by atoms with E-state index in [0.29, 0.717) is 24.6 Å². The Morgan fingerprint density at radius 3 is 2.63 bits per heavy atom. The predicted molar refractivity (Wildman–Crippen MR) is 111 cm³/mol. The van der Waals surface area contributed by atoms with Gasteiger partial charge in [0.2, 0.25) is 15.9 Å². The van der Waals surface area contributed by atoms with Crippen molar-refractivity contribution < 1.29 is 22.7 Å². The first-order valence-electron chi connectivity index (χ1n) is 9.45. The Morgan fingerprint density at radius 1 is 1.10 bits per heavy atom. The van der Waals surface area contributed by atoms with Gasteiger partial charge in [0.1, 0.15) is 11.9 Å². The van der Waals surface area contributed by atoms with Crippen LogP contribution in [-0.4, -0.2) is 49.4 Å². The molecule has 0 aliphatic carbocycles. The fourth-order valence-electron chi connectivity index (χ4n) is 3.31. The van der Waals surface area contributed by atoms with Crippen molar-refractivity contribution >= 4 is 26.8 Å². The van der Waals surface area contributed by atoms with Crippen molar-refractivity contribution in [3.05, 3.63) is 60.7 Å². The van der Waals surface area contributed by atoms with Gasteiger partial charge in [0.05, 0.1) is 17.0 Å². The highest BCUT2D eigenvalue weighted by Gasteiger charge is 2.33. The summed E-state index contributed by atoms with van der Waals surface area (Å²) in [6.45, 7) is 0.345. The third-order valence-corrected chi connectivity index (χ3v) is 6.69. The number of nitrogens with two attached hydrogens (primary N) is 1. The summed E-state index contributed by atoms with van der Waals surface area (Å²) in [5, 5.41) is 1.02. The van der Waals surface area contributed by atoms with E-state index in [1.165, 1.54) is 28.6 Å². The Kier molecular flexibility index (Phi) is 5.56. The summed E-state index contributed by atoms with van der Waals surface area (Å²) in [5.41, 5.74) is 5.86. The molecule has 0 saturated carbocycles. The molecule has 1 saturated heterocycles. The van der Waals surface area contributed by atoms with Crippen LogP contribution in [0.5, 0.6) is 11.6 Å². The van der Waals surface area contributed by atoms with Gasteiger partial charge in [0.15, 0.2) is 6.61 Å². The SMILES string of the molecule is NC(=O)COc1ccc(S(=O)(=O)N2CCC(Oc3ccc4ccccc4n3)C2)cc1. The Labute approximate surface area is 174 Å². The number of rotatable bonds is 7. The molecule has 8 nitrogen and oxygen atoms in total. The molecule has 0 bridgehead atoms. The Bertz CT molecular complexity index is 1160. The van der Waals surface area contributed by atoms with Crippen LogP contribution in [0.15, 0.2) is 65.6 Å². The lowest BCUT2D eigenvalue weighted by Crippen LogP contribution is -2.31. The van der Waals surface area contributed by atoms with Crippen LogP contribution in [0.1, 0.15) is 6.42 Å². The highest BCUT2D eigenvalue weighted by Crippen LogP contribution is 2.25. The number of benzene rings is 2. The Morgan fingerprint density at radius 2 is 1.87 bits per heavy atom. The lowest BCUT2D eigenvalue weighted by Gasteiger charge is -2.17. The number of primary amides is 1. The second kappa shape index (κ2) is 8.29. The number of hydrogen-bond donors (Lipinski definition) is 1. The molecular weight excluding hydrogens is 406 g/mol. The van der Waals surface area contributed by atoms with Gasteiger partial charge in [-0.25, -0.2) is 13.4 Å². The second-order valence-electron chi connectivity index (χ2n) is 6.96. The highest BCUT2D eigenvalue weighted by molar-refractivity contribution is 7.89. The standard InChI is InChI=1S/C21H21N3O5S/c22-20(25)14-28-16-6-8-18(9-7-16)30(26,27)24-12-11-17(13-24)29-21-10-5-15-3-1-2-4-19(15)23-21/h1-10,17H,11-14H2,(H2,22,25). The Hall–Kier alpha value is -3.17. The van der Waals surface area contributed by atoms with E-state index in [0.717, 1.165) is 10.9 Å². The normalized spacial score (nSPS) is 17.1. The van der Waals surface area contributed by atoms with Crippen LogP contribution in [0.3, 0.4) is 0 Å².